The van der Waals surface area contributed by atoms with Gasteiger partial charge in [0.25, 0.3) is 0 Å². The van der Waals surface area contributed by atoms with Crippen LogP contribution in [0.25, 0.3) is 5.69 Å². The number of hydrogen-bond acceptors (Lipinski definition) is 3. The number of carbonyl (C=O) groups is 1. The van der Waals surface area contributed by atoms with Crippen molar-refractivity contribution in [2.75, 3.05) is 11.9 Å². The molecule has 6 heteroatoms. The predicted octanol–water partition coefficient (Wildman–Crippen LogP) is 3.07. The first-order valence-corrected chi connectivity index (χ1v) is 7.80. The van der Waals surface area contributed by atoms with Gasteiger partial charge < -0.3 is 10.1 Å². The quantitative estimate of drug-likeness (QED) is 0.946. The van der Waals surface area contributed by atoms with E-state index in [0.717, 1.165) is 12.8 Å². The molecule has 0 radical (unpaired) electrons. The lowest BCUT2D eigenvalue weighted by Crippen LogP contribution is -2.36. The van der Waals surface area contributed by atoms with E-state index in [1.54, 1.807) is 31.3 Å². The summed E-state index contributed by atoms with van der Waals surface area (Å²) in [7, 11) is 0. The minimum absolute atomic E-state index is 0.0756. The van der Waals surface area contributed by atoms with Crippen LogP contribution in [0.4, 0.5) is 10.1 Å². The fraction of sp³-hybridized carbons (Fsp3) is 0.412. The van der Waals surface area contributed by atoms with Gasteiger partial charge in [-0.1, -0.05) is 12.1 Å². The van der Waals surface area contributed by atoms with Crippen molar-refractivity contribution < 1.29 is 13.9 Å². The summed E-state index contributed by atoms with van der Waals surface area (Å²) in [4.78, 5) is 12.4. The molecule has 0 bridgehead atoms. The third-order valence-corrected chi connectivity index (χ3v) is 4.29. The van der Waals surface area contributed by atoms with Crippen molar-refractivity contribution in [1.29, 1.82) is 0 Å². The smallest absolute Gasteiger partial charge is 0.230 e. The Morgan fingerprint density at radius 3 is 2.96 bits per heavy atom. The highest BCUT2D eigenvalue weighted by Gasteiger charge is 2.29. The van der Waals surface area contributed by atoms with Crippen LogP contribution in [0.3, 0.4) is 0 Å². The van der Waals surface area contributed by atoms with E-state index < -0.39 is 0 Å². The van der Waals surface area contributed by atoms with Crippen LogP contribution in [-0.2, 0) is 9.53 Å². The lowest BCUT2D eigenvalue weighted by atomic mass is 9.94. The highest BCUT2D eigenvalue weighted by atomic mass is 19.1. The van der Waals surface area contributed by atoms with Gasteiger partial charge in [-0.3, -0.25) is 4.79 Å². The van der Waals surface area contributed by atoms with E-state index >= 15 is 0 Å². The van der Waals surface area contributed by atoms with Crippen molar-refractivity contribution in [2.45, 2.75) is 32.8 Å². The van der Waals surface area contributed by atoms with Crippen molar-refractivity contribution in [2.24, 2.45) is 5.92 Å². The maximum absolute atomic E-state index is 13.9. The number of anilines is 1. The van der Waals surface area contributed by atoms with Crippen LogP contribution < -0.4 is 5.32 Å². The van der Waals surface area contributed by atoms with Crippen molar-refractivity contribution in [1.82, 2.24) is 9.78 Å². The Bertz CT molecular complexity index is 714. The second kappa shape index (κ2) is 6.50. The zero-order valence-electron chi connectivity index (χ0n) is 13.3. The summed E-state index contributed by atoms with van der Waals surface area (Å²) in [6, 6.07) is 6.41. The Hall–Kier alpha value is -2.21. The Morgan fingerprint density at radius 2 is 2.22 bits per heavy atom. The second-order valence-electron chi connectivity index (χ2n) is 5.82. The first-order valence-electron chi connectivity index (χ1n) is 7.80. The molecule has 0 spiro atoms. The van der Waals surface area contributed by atoms with E-state index in [1.165, 1.54) is 10.7 Å². The molecule has 0 aliphatic carbocycles. The monoisotopic (exact) mass is 317 g/mol. The van der Waals surface area contributed by atoms with Gasteiger partial charge in [-0.2, -0.15) is 5.10 Å². The van der Waals surface area contributed by atoms with Gasteiger partial charge in [0, 0.05) is 6.61 Å². The third-order valence-electron chi connectivity index (χ3n) is 4.29. The van der Waals surface area contributed by atoms with E-state index in [0.29, 0.717) is 23.7 Å². The normalized spacial score (nSPS) is 21.2. The average Bonchev–Trinajstić information content (AvgIpc) is 2.89. The minimum Gasteiger partial charge on any atom is -0.378 e. The molecular formula is C17H20FN3O2. The summed E-state index contributed by atoms with van der Waals surface area (Å²) in [6.45, 7) is 4.42. The Labute approximate surface area is 134 Å². The number of rotatable bonds is 3. The minimum atomic E-state index is -0.356. The lowest BCUT2D eigenvalue weighted by molar-refractivity contribution is -0.127. The second-order valence-corrected chi connectivity index (χ2v) is 5.82. The van der Waals surface area contributed by atoms with Crippen LogP contribution in [0, 0.1) is 18.7 Å². The number of nitrogens with zero attached hydrogens (tertiary/aromatic N) is 2. The number of aromatic nitrogens is 2. The summed E-state index contributed by atoms with van der Waals surface area (Å²) in [6.07, 6.45) is 3.16. The van der Waals surface area contributed by atoms with E-state index in [9.17, 15) is 9.18 Å². The highest BCUT2D eigenvalue weighted by molar-refractivity contribution is 5.93. The van der Waals surface area contributed by atoms with Crippen LogP contribution in [0.5, 0.6) is 0 Å². The zero-order valence-corrected chi connectivity index (χ0v) is 13.3. The van der Waals surface area contributed by atoms with Gasteiger partial charge in [0.05, 0.1) is 29.6 Å². The van der Waals surface area contributed by atoms with Gasteiger partial charge in [-0.05, 0) is 38.8 Å². The Kier molecular flexibility index (Phi) is 4.43. The van der Waals surface area contributed by atoms with Gasteiger partial charge in [0.2, 0.25) is 5.91 Å². The number of benzene rings is 1. The first kappa shape index (κ1) is 15.7. The number of amides is 1. The van der Waals surface area contributed by atoms with E-state index in [-0.39, 0.29) is 23.7 Å². The molecule has 0 unspecified atom stereocenters. The maximum Gasteiger partial charge on any atom is 0.230 e. The van der Waals surface area contributed by atoms with Crippen molar-refractivity contribution in [3.8, 4) is 5.69 Å². The van der Waals surface area contributed by atoms with Crippen molar-refractivity contribution in [3.63, 3.8) is 0 Å². The number of hydrogen-bond donors (Lipinski definition) is 1. The molecule has 5 nitrogen and oxygen atoms in total. The fourth-order valence-corrected chi connectivity index (χ4v) is 2.89. The van der Waals surface area contributed by atoms with E-state index in [4.69, 9.17) is 4.74 Å². The molecular weight excluding hydrogens is 297 g/mol. The molecule has 122 valence electrons. The Morgan fingerprint density at radius 1 is 1.43 bits per heavy atom. The van der Waals surface area contributed by atoms with Gasteiger partial charge >= 0.3 is 0 Å². The van der Waals surface area contributed by atoms with E-state index in [1.807, 2.05) is 6.92 Å². The van der Waals surface area contributed by atoms with Crippen LogP contribution in [0.15, 0.2) is 30.5 Å². The first-order chi connectivity index (χ1) is 11.1. The molecule has 2 heterocycles. The van der Waals surface area contributed by atoms with Crippen LogP contribution in [0.1, 0.15) is 25.5 Å². The number of ether oxygens (including phenoxy) is 1. The molecule has 1 fully saturated rings. The highest BCUT2D eigenvalue weighted by Crippen LogP contribution is 2.24. The molecule has 3 rings (SSSR count). The number of halogens is 1. The molecule has 1 aromatic carbocycles. The standard InChI is InChI=1S/C17H20FN3O2/c1-11-15(20-17(22)13-6-5-9-23-12(13)2)10-19-21(11)16-8-4-3-7-14(16)18/h3-4,7-8,10,12-13H,5-6,9H2,1-2H3,(H,20,22)/t12-,13+/m1/s1. The molecule has 1 N–H and O–H groups in total. The lowest BCUT2D eigenvalue weighted by Gasteiger charge is -2.27. The molecule has 0 saturated carbocycles. The summed E-state index contributed by atoms with van der Waals surface area (Å²) in [5.41, 5.74) is 1.64. The molecule has 1 aromatic heterocycles. The fourth-order valence-electron chi connectivity index (χ4n) is 2.89. The molecule has 2 atom stereocenters. The SMILES string of the molecule is Cc1c(NC(=O)[C@H]2CCCO[C@@H]2C)cnn1-c1ccccc1F. The van der Waals surface area contributed by atoms with Crippen molar-refractivity contribution in [3.05, 3.63) is 42.0 Å². The molecule has 23 heavy (non-hydrogen) atoms. The number of para-hydroxylation sites is 1. The summed E-state index contributed by atoms with van der Waals surface area (Å²) < 4.78 is 20.9. The molecule has 1 saturated heterocycles. The molecule has 2 aromatic rings. The van der Waals surface area contributed by atoms with E-state index in [2.05, 4.69) is 10.4 Å². The van der Waals surface area contributed by atoms with Gasteiger partial charge in [0.15, 0.2) is 0 Å². The average molecular weight is 317 g/mol. The Balaban J connectivity index is 1.80. The third kappa shape index (κ3) is 3.12. The predicted molar refractivity (Wildman–Crippen MR) is 85.0 cm³/mol. The van der Waals surface area contributed by atoms with Crippen LogP contribution in [-0.4, -0.2) is 28.4 Å². The van der Waals surface area contributed by atoms with Crippen molar-refractivity contribution >= 4 is 11.6 Å². The van der Waals surface area contributed by atoms with Gasteiger partial charge in [-0.25, -0.2) is 9.07 Å². The maximum atomic E-state index is 13.9. The number of nitrogens with one attached hydrogen (secondary N) is 1. The molecule has 1 aliphatic rings. The van der Waals surface area contributed by atoms with Gasteiger partial charge in [-0.15, -0.1) is 0 Å². The van der Waals surface area contributed by atoms with Crippen LogP contribution in [0.2, 0.25) is 0 Å². The molecule has 1 amide bonds. The number of carbonyl (C=O) groups excluding carboxylic acids is 1. The summed E-state index contributed by atoms with van der Waals surface area (Å²) in [5.74, 6) is -0.598. The van der Waals surface area contributed by atoms with Crippen LogP contribution >= 0.6 is 0 Å². The molecule has 1 aliphatic heterocycles. The summed E-state index contributed by atoms with van der Waals surface area (Å²) >= 11 is 0. The largest absolute Gasteiger partial charge is 0.378 e. The summed E-state index contributed by atoms with van der Waals surface area (Å²) in [5, 5.41) is 7.09. The van der Waals surface area contributed by atoms with Gasteiger partial charge in [0.1, 0.15) is 11.5 Å². The topological polar surface area (TPSA) is 56.1 Å². The zero-order chi connectivity index (χ0) is 16.4.